The predicted octanol–water partition coefficient (Wildman–Crippen LogP) is 2.39. The van der Waals surface area contributed by atoms with Crippen LogP contribution >= 0.6 is 0 Å². The zero-order valence-electron chi connectivity index (χ0n) is 16.3. The van der Waals surface area contributed by atoms with Crippen molar-refractivity contribution in [3.63, 3.8) is 0 Å². The van der Waals surface area contributed by atoms with Crippen LogP contribution in [0.15, 0.2) is 54.6 Å². The summed E-state index contributed by atoms with van der Waals surface area (Å²) in [7, 11) is 0. The molecule has 148 valence electrons. The molecule has 2 fully saturated rings. The molecular weight excluding hydrogens is 350 g/mol. The molecule has 0 aromatic heterocycles. The molecule has 1 aliphatic carbocycles. The van der Waals surface area contributed by atoms with Crippen LogP contribution in [0.25, 0.3) is 0 Å². The van der Waals surface area contributed by atoms with Crippen LogP contribution in [0, 0.1) is 5.92 Å². The standard InChI is InChI=1S/C23H29N3O2/c27-23(25-12-15-26-13-10-24-11-14-26)22-16-21(22)19-6-8-20(9-7-19)28-17-18-4-2-1-3-5-18/h1-9,21-22,24H,10-17H2,(H,25,27). The van der Waals surface area contributed by atoms with Crippen molar-refractivity contribution in [3.8, 4) is 5.75 Å². The van der Waals surface area contributed by atoms with E-state index in [-0.39, 0.29) is 11.8 Å². The Hall–Kier alpha value is -2.37. The lowest BCUT2D eigenvalue weighted by Gasteiger charge is -2.27. The highest BCUT2D eigenvalue weighted by molar-refractivity contribution is 5.82. The van der Waals surface area contributed by atoms with E-state index in [0.29, 0.717) is 12.5 Å². The summed E-state index contributed by atoms with van der Waals surface area (Å²) in [4.78, 5) is 14.8. The van der Waals surface area contributed by atoms with Crippen LogP contribution < -0.4 is 15.4 Å². The van der Waals surface area contributed by atoms with Gasteiger partial charge in [0.1, 0.15) is 12.4 Å². The van der Waals surface area contributed by atoms with Crippen molar-refractivity contribution in [2.75, 3.05) is 39.3 Å². The van der Waals surface area contributed by atoms with Gasteiger partial charge in [0.05, 0.1) is 0 Å². The number of carbonyl (C=O) groups is 1. The highest BCUT2D eigenvalue weighted by Gasteiger charge is 2.43. The Morgan fingerprint density at radius 1 is 1.07 bits per heavy atom. The van der Waals surface area contributed by atoms with Crippen molar-refractivity contribution in [1.82, 2.24) is 15.5 Å². The lowest BCUT2D eigenvalue weighted by atomic mass is 10.1. The van der Waals surface area contributed by atoms with Gasteiger partial charge in [-0.15, -0.1) is 0 Å². The van der Waals surface area contributed by atoms with Crippen LogP contribution in [0.5, 0.6) is 5.75 Å². The second-order valence-electron chi connectivity index (χ2n) is 7.67. The van der Waals surface area contributed by atoms with E-state index in [2.05, 4.69) is 39.8 Å². The van der Waals surface area contributed by atoms with Crippen molar-refractivity contribution >= 4 is 5.91 Å². The first-order valence-electron chi connectivity index (χ1n) is 10.3. The van der Waals surface area contributed by atoms with E-state index in [1.165, 1.54) is 5.56 Å². The minimum absolute atomic E-state index is 0.124. The van der Waals surface area contributed by atoms with Gasteiger partial charge in [-0.3, -0.25) is 9.69 Å². The van der Waals surface area contributed by atoms with Gasteiger partial charge in [-0.1, -0.05) is 42.5 Å². The molecule has 2 N–H and O–H groups in total. The molecule has 0 spiro atoms. The van der Waals surface area contributed by atoms with Gasteiger partial charge in [0.25, 0.3) is 0 Å². The van der Waals surface area contributed by atoms with Gasteiger partial charge in [-0.2, -0.15) is 0 Å². The number of carbonyl (C=O) groups excluding carboxylic acids is 1. The number of benzene rings is 2. The Balaban J connectivity index is 1.19. The fourth-order valence-electron chi connectivity index (χ4n) is 3.81. The Bertz CT molecular complexity index is 757. The summed E-state index contributed by atoms with van der Waals surface area (Å²) in [6.45, 7) is 6.49. The highest BCUT2D eigenvalue weighted by atomic mass is 16.5. The number of ether oxygens (including phenoxy) is 1. The normalized spacial score (nSPS) is 21.9. The summed E-state index contributed by atoms with van der Waals surface area (Å²) in [6, 6.07) is 18.4. The molecule has 1 aliphatic heterocycles. The maximum absolute atomic E-state index is 12.4. The Morgan fingerprint density at radius 3 is 2.57 bits per heavy atom. The van der Waals surface area contributed by atoms with Gasteiger partial charge in [0, 0.05) is 45.2 Å². The van der Waals surface area contributed by atoms with Crippen molar-refractivity contribution in [3.05, 3.63) is 65.7 Å². The first kappa shape index (κ1) is 19.0. The maximum atomic E-state index is 12.4. The smallest absolute Gasteiger partial charge is 0.223 e. The molecule has 1 saturated carbocycles. The third-order valence-corrected chi connectivity index (χ3v) is 5.62. The van der Waals surface area contributed by atoms with Crippen molar-refractivity contribution in [2.24, 2.45) is 5.92 Å². The summed E-state index contributed by atoms with van der Waals surface area (Å²) >= 11 is 0. The zero-order chi connectivity index (χ0) is 19.2. The third-order valence-electron chi connectivity index (χ3n) is 5.62. The number of piperazine rings is 1. The van der Waals surface area contributed by atoms with Crippen LogP contribution in [0.3, 0.4) is 0 Å². The summed E-state index contributed by atoms with van der Waals surface area (Å²) in [5.74, 6) is 1.54. The van der Waals surface area contributed by atoms with Crippen LogP contribution in [-0.4, -0.2) is 50.1 Å². The molecule has 0 bridgehead atoms. The fourth-order valence-corrected chi connectivity index (χ4v) is 3.81. The van der Waals surface area contributed by atoms with Gasteiger partial charge >= 0.3 is 0 Å². The first-order valence-corrected chi connectivity index (χ1v) is 10.3. The first-order chi connectivity index (χ1) is 13.8. The van der Waals surface area contributed by atoms with E-state index in [1.807, 2.05) is 30.3 Å². The minimum atomic E-state index is 0.124. The molecule has 1 saturated heterocycles. The number of hydrogen-bond acceptors (Lipinski definition) is 4. The van der Waals surface area contributed by atoms with Crippen molar-refractivity contribution in [2.45, 2.75) is 18.9 Å². The third kappa shape index (κ3) is 5.12. The van der Waals surface area contributed by atoms with Crippen molar-refractivity contribution in [1.29, 1.82) is 0 Å². The molecule has 2 unspecified atom stereocenters. The molecule has 2 aromatic carbocycles. The van der Waals surface area contributed by atoms with E-state index in [9.17, 15) is 4.79 Å². The molecule has 0 radical (unpaired) electrons. The van der Waals surface area contributed by atoms with Gasteiger partial charge in [-0.25, -0.2) is 0 Å². The summed E-state index contributed by atoms with van der Waals surface area (Å²) in [6.07, 6.45) is 0.948. The fraction of sp³-hybridized carbons (Fsp3) is 0.435. The average molecular weight is 380 g/mol. The Labute approximate surface area is 167 Å². The SMILES string of the molecule is O=C(NCCN1CCNCC1)C1CC1c1ccc(OCc2ccccc2)cc1. The number of nitrogens with one attached hydrogen (secondary N) is 2. The average Bonchev–Trinajstić information content (AvgIpc) is 3.55. The van der Waals surface area contributed by atoms with Gasteiger partial charge in [0.2, 0.25) is 5.91 Å². The zero-order valence-corrected chi connectivity index (χ0v) is 16.3. The largest absolute Gasteiger partial charge is 0.489 e. The molecule has 2 aliphatic rings. The van der Waals surface area contributed by atoms with Crippen LogP contribution in [0.1, 0.15) is 23.5 Å². The van der Waals surface area contributed by atoms with Gasteiger partial charge in [-0.05, 0) is 35.6 Å². The molecule has 1 amide bonds. The predicted molar refractivity (Wildman–Crippen MR) is 110 cm³/mol. The van der Waals surface area contributed by atoms with Gasteiger partial charge < -0.3 is 15.4 Å². The molecular formula is C23H29N3O2. The molecule has 4 rings (SSSR count). The number of nitrogens with zero attached hydrogens (tertiary/aromatic N) is 1. The van der Waals surface area contributed by atoms with E-state index >= 15 is 0 Å². The van der Waals surface area contributed by atoms with Crippen LogP contribution in [0.2, 0.25) is 0 Å². The quantitative estimate of drug-likeness (QED) is 0.740. The number of rotatable bonds is 8. The molecule has 5 heteroatoms. The lowest BCUT2D eigenvalue weighted by molar-refractivity contribution is -0.122. The summed E-state index contributed by atoms with van der Waals surface area (Å²) in [5.41, 5.74) is 2.39. The molecule has 5 nitrogen and oxygen atoms in total. The van der Waals surface area contributed by atoms with E-state index in [4.69, 9.17) is 4.74 Å². The molecule has 2 aromatic rings. The van der Waals surface area contributed by atoms with Gasteiger partial charge in [0.15, 0.2) is 0 Å². The topological polar surface area (TPSA) is 53.6 Å². The van der Waals surface area contributed by atoms with Crippen molar-refractivity contribution < 1.29 is 9.53 Å². The lowest BCUT2D eigenvalue weighted by Crippen LogP contribution is -2.46. The highest BCUT2D eigenvalue weighted by Crippen LogP contribution is 2.47. The molecule has 28 heavy (non-hydrogen) atoms. The van der Waals surface area contributed by atoms with E-state index in [1.54, 1.807) is 0 Å². The second kappa shape index (κ2) is 9.22. The second-order valence-corrected chi connectivity index (χ2v) is 7.67. The Morgan fingerprint density at radius 2 is 1.82 bits per heavy atom. The van der Waals surface area contributed by atoms with E-state index < -0.39 is 0 Å². The van der Waals surface area contributed by atoms with Crippen LogP contribution in [0.4, 0.5) is 0 Å². The number of amides is 1. The summed E-state index contributed by atoms with van der Waals surface area (Å²) < 4.78 is 5.84. The van der Waals surface area contributed by atoms with E-state index in [0.717, 1.165) is 57.0 Å². The number of hydrogen-bond donors (Lipinski definition) is 2. The minimum Gasteiger partial charge on any atom is -0.489 e. The molecule has 2 atom stereocenters. The molecule has 1 heterocycles. The summed E-state index contributed by atoms with van der Waals surface area (Å²) in [5, 5.41) is 6.46. The maximum Gasteiger partial charge on any atom is 0.223 e. The van der Waals surface area contributed by atoms with Crippen LogP contribution in [-0.2, 0) is 11.4 Å². The Kier molecular flexibility index (Phi) is 6.24. The monoisotopic (exact) mass is 379 g/mol.